The highest BCUT2D eigenvalue weighted by molar-refractivity contribution is 9.10. The van der Waals surface area contributed by atoms with E-state index in [2.05, 4.69) is 20.8 Å². The summed E-state index contributed by atoms with van der Waals surface area (Å²) < 4.78 is 17.8. The SMILES string of the molecule is CCOC(=O)C1CCN(Cc2c(O)ccc3c(=O)c(Oc4ccccc4Br)c(C)oc23)CC1. The molecule has 0 unspecified atom stereocenters. The first-order valence-electron chi connectivity index (χ1n) is 11.0. The second-order valence-electron chi connectivity index (χ2n) is 8.09. The van der Waals surface area contributed by atoms with Crippen molar-refractivity contribution in [3.8, 4) is 17.2 Å². The number of aryl methyl sites for hydroxylation is 1. The van der Waals surface area contributed by atoms with Gasteiger partial charge in [0.15, 0.2) is 0 Å². The van der Waals surface area contributed by atoms with Crippen molar-refractivity contribution in [2.24, 2.45) is 5.92 Å². The molecule has 1 saturated heterocycles. The van der Waals surface area contributed by atoms with Crippen molar-refractivity contribution in [2.75, 3.05) is 19.7 Å². The maximum Gasteiger partial charge on any atom is 0.309 e. The van der Waals surface area contributed by atoms with Crippen LogP contribution in [-0.2, 0) is 16.1 Å². The van der Waals surface area contributed by atoms with Gasteiger partial charge in [-0.1, -0.05) is 12.1 Å². The highest BCUT2D eigenvalue weighted by Gasteiger charge is 2.27. The highest BCUT2D eigenvalue weighted by atomic mass is 79.9. The number of nitrogens with zero attached hydrogens (tertiary/aromatic N) is 1. The number of phenolic OH excluding ortho intramolecular Hbond substituents is 1. The van der Waals surface area contributed by atoms with Gasteiger partial charge in [-0.15, -0.1) is 0 Å². The lowest BCUT2D eigenvalue weighted by molar-refractivity contribution is -0.149. The number of benzene rings is 2. The second-order valence-corrected chi connectivity index (χ2v) is 8.95. The topological polar surface area (TPSA) is 89.2 Å². The number of piperidine rings is 1. The van der Waals surface area contributed by atoms with E-state index in [9.17, 15) is 14.7 Å². The van der Waals surface area contributed by atoms with Crippen LogP contribution in [0, 0.1) is 12.8 Å². The van der Waals surface area contributed by atoms with Crippen LogP contribution in [0.3, 0.4) is 0 Å². The number of fused-ring (bicyclic) bond motifs is 1. The van der Waals surface area contributed by atoms with Crippen LogP contribution >= 0.6 is 15.9 Å². The average Bonchev–Trinajstić information content (AvgIpc) is 2.80. The van der Waals surface area contributed by atoms with Gasteiger partial charge in [-0.05, 0) is 80.0 Å². The molecule has 2 heterocycles. The monoisotopic (exact) mass is 515 g/mol. The van der Waals surface area contributed by atoms with Crippen LogP contribution in [0.4, 0.5) is 0 Å². The van der Waals surface area contributed by atoms with Crippen molar-refractivity contribution >= 4 is 32.9 Å². The number of likely N-dealkylation sites (tertiary alicyclic amines) is 1. The Labute approximate surface area is 200 Å². The molecule has 33 heavy (non-hydrogen) atoms. The standard InChI is InChI=1S/C25H26BrNO6/c1-3-31-25(30)16-10-12-27(13-11-16)14-18-20(28)9-8-17-22(29)23(15(2)32-24(17)18)33-21-7-5-4-6-19(21)26/h4-9,16,28H,3,10-14H2,1-2H3. The van der Waals surface area contributed by atoms with Crippen molar-refractivity contribution in [3.63, 3.8) is 0 Å². The molecule has 174 valence electrons. The van der Waals surface area contributed by atoms with Crippen LogP contribution in [0.5, 0.6) is 17.2 Å². The molecule has 0 bridgehead atoms. The van der Waals surface area contributed by atoms with E-state index in [1.54, 1.807) is 26.0 Å². The van der Waals surface area contributed by atoms with Gasteiger partial charge in [-0.25, -0.2) is 0 Å². The van der Waals surface area contributed by atoms with Crippen molar-refractivity contribution in [3.05, 3.63) is 62.4 Å². The van der Waals surface area contributed by atoms with E-state index >= 15 is 0 Å². The molecule has 8 heteroatoms. The second kappa shape index (κ2) is 9.97. The Bertz CT molecular complexity index is 1230. The molecule has 0 spiro atoms. The van der Waals surface area contributed by atoms with E-state index < -0.39 is 0 Å². The van der Waals surface area contributed by atoms with E-state index in [1.165, 1.54) is 6.07 Å². The number of phenols is 1. The summed E-state index contributed by atoms with van der Waals surface area (Å²) in [6.45, 7) is 5.64. The van der Waals surface area contributed by atoms with Gasteiger partial charge in [0, 0.05) is 6.54 Å². The molecular formula is C25H26BrNO6. The largest absolute Gasteiger partial charge is 0.507 e. The Morgan fingerprint density at radius 2 is 1.94 bits per heavy atom. The Morgan fingerprint density at radius 3 is 2.64 bits per heavy atom. The molecule has 0 amide bonds. The molecule has 2 aromatic carbocycles. The normalized spacial score (nSPS) is 15.0. The lowest BCUT2D eigenvalue weighted by Gasteiger charge is -2.31. The fraction of sp³-hybridized carbons (Fsp3) is 0.360. The van der Waals surface area contributed by atoms with Crippen molar-refractivity contribution in [2.45, 2.75) is 33.2 Å². The summed E-state index contributed by atoms with van der Waals surface area (Å²) in [6.07, 6.45) is 1.38. The summed E-state index contributed by atoms with van der Waals surface area (Å²) in [5, 5.41) is 10.9. The van der Waals surface area contributed by atoms with Gasteiger partial charge in [0.2, 0.25) is 11.2 Å². The van der Waals surface area contributed by atoms with Crippen LogP contribution in [0.25, 0.3) is 11.0 Å². The molecule has 1 N–H and O–H groups in total. The average molecular weight is 516 g/mol. The summed E-state index contributed by atoms with van der Waals surface area (Å²) in [5.41, 5.74) is 0.603. The molecule has 0 radical (unpaired) electrons. The minimum Gasteiger partial charge on any atom is -0.507 e. The molecule has 4 rings (SSSR count). The van der Waals surface area contributed by atoms with E-state index in [-0.39, 0.29) is 28.8 Å². The van der Waals surface area contributed by atoms with Crippen LogP contribution in [0.2, 0.25) is 0 Å². The first-order valence-corrected chi connectivity index (χ1v) is 11.8. The Morgan fingerprint density at radius 1 is 1.21 bits per heavy atom. The third kappa shape index (κ3) is 4.91. The number of hydrogen-bond donors (Lipinski definition) is 1. The molecule has 0 saturated carbocycles. The summed E-state index contributed by atoms with van der Waals surface area (Å²) >= 11 is 3.43. The zero-order valence-electron chi connectivity index (χ0n) is 18.6. The molecule has 0 atom stereocenters. The highest BCUT2D eigenvalue weighted by Crippen LogP contribution is 2.34. The van der Waals surface area contributed by atoms with Gasteiger partial charge < -0.3 is 19.0 Å². The van der Waals surface area contributed by atoms with Crippen LogP contribution in [0.15, 0.2) is 50.1 Å². The van der Waals surface area contributed by atoms with E-state index in [4.69, 9.17) is 13.9 Å². The zero-order chi connectivity index (χ0) is 23.5. The summed E-state index contributed by atoms with van der Waals surface area (Å²) in [7, 11) is 0. The molecule has 7 nitrogen and oxygen atoms in total. The Kier molecular flexibility index (Phi) is 7.05. The number of aromatic hydroxyl groups is 1. The number of rotatable bonds is 6. The fourth-order valence-electron chi connectivity index (χ4n) is 4.11. The first kappa shape index (κ1) is 23.3. The van der Waals surface area contributed by atoms with Gasteiger partial charge in [-0.3, -0.25) is 14.5 Å². The molecular weight excluding hydrogens is 490 g/mol. The van der Waals surface area contributed by atoms with Gasteiger partial charge in [-0.2, -0.15) is 0 Å². The van der Waals surface area contributed by atoms with Crippen LogP contribution in [-0.4, -0.2) is 35.7 Å². The smallest absolute Gasteiger partial charge is 0.309 e. The van der Waals surface area contributed by atoms with Crippen LogP contribution < -0.4 is 10.2 Å². The van der Waals surface area contributed by atoms with Gasteiger partial charge >= 0.3 is 5.97 Å². The van der Waals surface area contributed by atoms with Crippen molar-refractivity contribution in [1.29, 1.82) is 0 Å². The predicted octanol–water partition coefficient (Wildman–Crippen LogP) is 5.14. The minimum absolute atomic E-state index is 0.0667. The molecule has 1 aliphatic rings. The quantitative estimate of drug-likeness (QED) is 0.454. The molecule has 1 aromatic heterocycles. The number of carbonyl (C=O) groups excluding carboxylic acids is 1. The lowest BCUT2D eigenvalue weighted by atomic mass is 9.96. The van der Waals surface area contributed by atoms with E-state index in [0.29, 0.717) is 67.1 Å². The molecule has 0 aliphatic carbocycles. The first-order chi connectivity index (χ1) is 15.9. The Hall–Kier alpha value is -2.84. The summed E-state index contributed by atoms with van der Waals surface area (Å²) in [5.74, 6) is 0.772. The number of hydrogen-bond acceptors (Lipinski definition) is 7. The number of halogens is 1. The number of esters is 1. The number of ether oxygens (including phenoxy) is 2. The van der Waals surface area contributed by atoms with Gasteiger partial charge in [0.05, 0.1) is 27.9 Å². The van der Waals surface area contributed by atoms with E-state index in [1.807, 2.05) is 18.2 Å². The molecule has 1 aliphatic heterocycles. The van der Waals surface area contributed by atoms with Gasteiger partial charge in [0.25, 0.3) is 0 Å². The lowest BCUT2D eigenvalue weighted by Crippen LogP contribution is -2.36. The molecule has 1 fully saturated rings. The van der Waals surface area contributed by atoms with Crippen molar-refractivity contribution < 1.29 is 23.8 Å². The maximum absolute atomic E-state index is 13.3. The fourth-order valence-corrected chi connectivity index (χ4v) is 4.48. The maximum atomic E-state index is 13.3. The predicted molar refractivity (Wildman–Crippen MR) is 128 cm³/mol. The summed E-state index contributed by atoms with van der Waals surface area (Å²) in [4.78, 5) is 27.4. The van der Waals surface area contributed by atoms with Crippen molar-refractivity contribution in [1.82, 2.24) is 4.90 Å². The summed E-state index contributed by atoms with van der Waals surface area (Å²) in [6, 6.07) is 10.3. The van der Waals surface area contributed by atoms with E-state index in [0.717, 1.165) is 4.47 Å². The zero-order valence-corrected chi connectivity index (χ0v) is 20.2. The minimum atomic E-state index is -0.299. The number of carbonyl (C=O) groups is 1. The van der Waals surface area contributed by atoms with Crippen LogP contribution in [0.1, 0.15) is 31.1 Å². The Balaban J connectivity index is 1.61. The molecule has 3 aromatic rings. The third-order valence-corrected chi connectivity index (χ3v) is 6.55. The number of para-hydroxylation sites is 1. The van der Waals surface area contributed by atoms with Gasteiger partial charge in [0.1, 0.15) is 22.8 Å². The third-order valence-electron chi connectivity index (χ3n) is 5.90.